The number of aryl methyl sites for hydroxylation is 1. The van der Waals surface area contributed by atoms with Crippen LogP contribution in [0.1, 0.15) is 31.7 Å². The van der Waals surface area contributed by atoms with E-state index in [1.165, 1.54) is 19.2 Å². The van der Waals surface area contributed by atoms with Crippen LogP contribution < -0.4 is 4.72 Å². The lowest BCUT2D eigenvalue weighted by atomic mass is 9.82. The fourth-order valence-electron chi connectivity index (χ4n) is 2.99. The van der Waals surface area contributed by atoms with Gasteiger partial charge in [-0.2, -0.15) is 0 Å². The molecule has 1 aromatic carbocycles. The number of rotatable bonds is 6. The van der Waals surface area contributed by atoms with Crippen molar-refractivity contribution in [3.8, 4) is 0 Å². The SMILES string of the molecule is CNS(=O)(=O)c1ccc(CCC(=O)N2CCCC(C)(C(=O)O)C2)cc1. The summed E-state index contributed by atoms with van der Waals surface area (Å²) in [5.41, 5.74) is -0.0155. The van der Waals surface area contributed by atoms with Crippen molar-refractivity contribution in [2.24, 2.45) is 5.41 Å². The largest absolute Gasteiger partial charge is 0.481 e. The molecule has 1 aromatic rings. The van der Waals surface area contributed by atoms with Gasteiger partial charge in [0.25, 0.3) is 0 Å². The third-order valence-electron chi connectivity index (χ3n) is 4.70. The molecule has 138 valence electrons. The Bertz CT molecular complexity index is 745. The van der Waals surface area contributed by atoms with Crippen LogP contribution in [-0.2, 0) is 26.0 Å². The van der Waals surface area contributed by atoms with Gasteiger partial charge in [-0.25, -0.2) is 13.1 Å². The molecule has 2 rings (SSSR count). The van der Waals surface area contributed by atoms with E-state index < -0.39 is 21.4 Å². The number of amides is 1. The van der Waals surface area contributed by atoms with Gasteiger partial charge in [-0.15, -0.1) is 0 Å². The number of carbonyl (C=O) groups excluding carboxylic acids is 1. The normalized spacial score (nSPS) is 21.1. The molecule has 1 aliphatic heterocycles. The molecule has 8 heteroatoms. The third kappa shape index (κ3) is 4.58. The van der Waals surface area contributed by atoms with E-state index in [2.05, 4.69) is 4.72 Å². The number of nitrogens with zero attached hydrogens (tertiary/aromatic N) is 1. The van der Waals surface area contributed by atoms with E-state index in [9.17, 15) is 23.1 Å². The number of likely N-dealkylation sites (tertiary alicyclic amines) is 1. The molecule has 0 aliphatic carbocycles. The Kier molecular flexibility index (Phi) is 5.84. The summed E-state index contributed by atoms with van der Waals surface area (Å²) >= 11 is 0. The third-order valence-corrected chi connectivity index (χ3v) is 6.13. The smallest absolute Gasteiger partial charge is 0.311 e. The summed E-state index contributed by atoms with van der Waals surface area (Å²) in [4.78, 5) is 25.6. The maximum absolute atomic E-state index is 12.4. The predicted molar refractivity (Wildman–Crippen MR) is 92.6 cm³/mol. The highest BCUT2D eigenvalue weighted by Crippen LogP contribution is 2.30. The van der Waals surface area contributed by atoms with Gasteiger partial charge in [0.05, 0.1) is 10.3 Å². The molecule has 0 saturated carbocycles. The molecule has 1 atom stereocenters. The zero-order chi connectivity index (χ0) is 18.7. The summed E-state index contributed by atoms with van der Waals surface area (Å²) in [6, 6.07) is 6.40. The lowest BCUT2D eigenvalue weighted by Crippen LogP contribution is -2.48. The van der Waals surface area contributed by atoms with Crippen LogP contribution in [0, 0.1) is 5.41 Å². The number of aliphatic carboxylic acids is 1. The minimum absolute atomic E-state index is 0.0703. The average Bonchev–Trinajstić information content (AvgIpc) is 2.60. The number of benzene rings is 1. The Morgan fingerprint density at radius 3 is 2.48 bits per heavy atom. The second-order valence-electron chi connectivity index (χ2n) is 6.64. The number of carbonyl (C=O) groups is 2. The average molecular weight is 368 g/mol. The minimum Gasteiger partial charge on any atom is -0.481 e. The molecule has 0 aromatic heterocycles. The highest BCUT2D eigenvalue weighted by molar-refractivity contribution is 7.89. The molecule has 1 fully saturated rings. The minimum atomic E-state index is -3.47. The highest BCUT2D eigenvalue weighted by atomic mass is 32.2. The van der Waals surface area contributed by atoms with E-state index in [1.807, 2.05) is 0 Å². The van der Waals surface area contributed by atoms with Gasteiger partial charge in [-0.05, 0) is 50.9 Å². The van der Waals surface area contributed by atoms with E-state index in [1.54, 1.807) is 24.0 Å². The lowest BCUT2D eigenvalue weighted by Gasteiger charge is -2.37. The number of hydrogen-bond donors (Lipinski definition) is 2. The summed E-state index contributed by atoms with van der Waals surface area (Å²) in [5, 5.41) is 9.32. The number of nitrogens with one attached hydrogen (secondary N) is 1. The van der Waals surface area contributed by atoms with E-state index in [-0.39, 0.29) is 23.8 Å². The van der Waals surface area contributed by atoms with Crippen molar-refractivity contribution >= 4 is 21.9 Å². The van der Waals surface area contributed by atoms with Crippen LogP contribution in [0.3, 0.4) is 0 Å². The molecule has 1 saturated heterocycles. The van der Waals surface area contributed by atoms with Gasteiger partial charge < -0.3 is 10.0 Å². The number of sulfonamides is 1. The van der Waals surface area contributed by atoms with Gasteiger partial charge in [-0.3, -0.25) is 9.59 Å². The summed E-state index contributed by atoms with van der Waals surface area (Å²) in [7, 11) is -2.11. The van der Waals surface area contributed by atoms with Crippen LogP contribution in [0.4, 0.5) is 0 Å². The Hall–Kier alpha value is -1.93. The van der Waals surface area contributed by atoms with Gasteiger partial charge in [-0.1, -0.05) is 12.1 Å². The molecule has 0 bridgehead atoms. The number of piperidine rings is 1. The predicted octanol–water partition coefficient (Wildman–Crippen LogP) is 1.24. The maximum Gasteiger partial charge on any atom is 0.311 e. The van der Waals surface area contributed by atoms with Crippen LogP contribution >= 0.6 is 0 Å². The molecular formula is C17H24N2O5S. The van der Waals surface area contributed by atoms with Gasteiger partial charge in [0, 0.05) is 19.5 Å². The Morgan fingerprint density at radius 1 is 1.28 bits per heavy atom. The van der Waals surface area contributed by atoms with Crippen LogP contribution in [0.5, 0.6) is 0 Å². The molecule has 1 aliphatic rings. The van der Waals surface area contributed by atoms with E-state index >= 15 is 0 Å². The molecule has 1 amide bonds. The molecule has 1 heterocycles. The van der Waals surface area contributed by atoms with Crippen molar-refractivity contribution in [1.29, 1.82) is 0 Å². The zero-order valence-corrected chi connectivity index (χ0v) is 15.3. The van der Waals surface area contributed by atoms with Crippen LogP contribution in [0.15, 0.2) is 29.2 Å². The fourth-order valence-corrected chi connectivity index (χ4v) is 3.72. The van der Waals surface area contributed by atoms with Gasteiger partial charge >= 0.3 is 5.97 Å². The molecule has 7 nitrogen and oxygen atoms in total. The van der Waals surface area contributed by atoms with E-state index in [0.717, 1.165) is 5.56 Å². The van der Waals surface area contributed by atoms with E-state index in [0.29, 0.717) is 25.8 Å². The van der Waals surface area contributed by atoms with Crippen LogP contribution in [0.25, 0.3) is 0 Å². The maximum atomic E-state index is 12.4. The number of hydrogen-bond acceptors (Lipinski definition) is 4. The first-order chi connectivity index (χ1) is 11.7. The Morgan fingerprint density at radius 2 is 1.92 bits per heavy atom. The van der Waals surface area contributed by atoms with Gasteiger partial charge in [0.2, 0.25) is 15.9 Å². The summed E-state index contributed by atoms with van der Waals surface area (Å²) in [5.74, 6) is -0.939. The summed E-state index contributed by atoms with van der Waals surface area (Å²) in [6.07, 6.45) is 2.02. The van der Waals surface area contributed by atoms with Crippen molar-refractivity contribution in [2.75, 3.05) is 20.1 Å². The van der Waals surface area contributed by atoms with E-state index in [4.69, 9.17) is 0 Å². The van der Waals surface area contributed by atoms with Crippen LogP contribution in [0.2, 0.25) is 0 Å². The van der Waals surface area contributed by atoms with Crippen molar-refractivity contribution in [2.45, 2.75) is 37.5 Å². The summed E-state index contributed by atoms with van der Waals surface area (Å²) < 4.78 is 25.6. The highest BCUT2D eigenvalue weighted by Gasteiger charge is 2.39. The van der Waals surface area contributed by atoms with Crippen LogP contribution in [-0.4, -0.2) is 50.4 Å². The zero-order valence-electron chi connectivity index (χ0n) is 14.5. The Balaban J connectivity index is 1.95. The Labute approximate surface area is 148 Å². The first-order valence-electron chi connectivity index (χ1n) is 8.22. The summed E-state index contributed by atoms with van der Waals surface area (Å²) in [6.45, 7) is 2.50. The van der Waals surface area contributed by atoms with Crippen molar-refractivity contribution in [3.63, 3.8) is 0 Å². The molecule has 25 heavy (non-hydrogen) atoms. The first-order valence-corrected chi connectivity index (χ1v) is 9.70. The van der Waals surface area contributed by atoms with Crippen molar-refractivity contribution < 1.29 is 23.1 Å². The van der Waals surface area contributed by atoms with Gasteiger partial charge in [0.1, 0.15) is 0 Å². The van der Waals surface area contributed by atoms with Gasteiger partial charge in [0.15, 0.2) is 0 Å². The molecular weight excluding hydrogens is 344 g/mol. The second-order valence-corrected chi connectivity index (χ2v) is 8.52. The standard InChI is InChI=1S/C17H24N2O5S/c1-17(16(21)22)10-3-11-19(12-17)15(20)9-6-13-4-7-14(8-5-13)25(23,24)18-2/h4-5,7-8,18H,3,6,9-12H2,1-2H3,(H,21,22). The molecule has 0 radical (unpaired) electrons. The molecule has 1 unspecified atom stereocenters. The molecule has 0 spiro atoms. The van der Waals surface area contributed by atoms with Crippen molar-refractivity contribution in [1.82, 2.24) is 9.62 Å². The van der Waals surface area contributed by atoms with Crippen molar-refractivity contribution in [3.05, 3.63) is 29.8 Å². The quantitative estimate of drug-likeness (QED) is 0.786. The second kappa shape index (κ2) is 7.53. The topological polar surface area (TPSA) is 104 Å². The lowest BCUT2D eigenvalue weighted by molar-refractivity contribution is -0.153. The first kappa shape index (κ1) is 19.4. The molecule has 2 N–H and O–H groups in total. The fraction of sp³-hybridized carbons (Fsp3) is 0.529. The number of carboxylic acid groups (broad SMARTS) is 1. The number of carboxylic acids is 1. The monoisotopic (exact) mass is 368 g/mol.